The minimum atomic E-state index is -0.437. The SMILES string of the molecule is c1ccc(C2=NN(c3ccccc3)C(OCc3ccncc3)N2c2ccccc2)cc1. The molecule has 0 fully saturated rings. The van der Waals surface area contributed by atoms with Crippen molar-refractivity contribution >= 4 is 17.2 Å². The highest BCUT2D eigenvalue weighted by Gasteiger charge is 2.37. The standard InChI is InChI=1S/C26H22N4O/c1-4-10-22(11-5-1)25-28-30(24-14-8-3-9-15-24)26(29(25)23-12-6-2-7-13-23)31-20-21-16-18-27-19-17-21/h1-19,26H,20H2. The zero-order valence-corrected chi connectivity index (χ0v) is 17.0. The summed E-state index contributed by atoms with van der Waals surface area (Å²) in [5.74, 6) is 0.843. The van der Waals surface area contributed by atoms with Crippen molar-refractivity contribution in [2.45, 2.75) is 13.0 Å². The fraction of sp³-hybridized carbons (Fsp3) is 0.0769. The second-order valence-electron chi connectivity index (χ2n) is 7.17. The summed E-state index contributed by atoms with van der Waals surface area (Å²) in [4.78, 5) is 6.25. The molecule has 0 bridgehead atoms. The van der Waals surface area contributed by atoms with Crippen LogP contribution in [0.4, 0.5) is 11.4 Å². The van der Waals surface area contributed by atoms with Crippen molar-refractivity contribution in [2.75, 3.05) is 9.91 Å². The Morgan fingerprint density at radius 2 is 1.26 bits per heavy atom. The maximum Gasteiger partial charge on any atom is 0.236 e. The molecule has 0 aliphatic carbocycles. The summed E-state index contributed by atoms with van der Waals surface area (Å²) in [5.41, 5.74) is 4.07. The van der Waals surface area contributed by atoms with E-state index in [9.17, 15) is 0 Å². The normalized spacial score (nSPS) is 15.7. The van der Waals surface area contributed by atoms with Gasteiger partial charge in [0, 0.05) is 23.6 Å². The predicted molar refractivity (Wildman–Crippen MR) is 124 cm³/mol. The molecule has 5 heteroatoms. The molecule has 4 aromatic rings. The Bertz CT molecular complexity index is 1140. The first-order chi connectivity index (χ1) is 15.4. The summed E-state index contributed by atoms with van der Waals surface area (Å²) >= 11 is 0. The number of ether oxygens (including phenoxy) is 1. The van der Waals surface area contributed by atoms with Gasteiger partial charge in [0.2, 0.25) is 6.35 Å². The van der Waals surface area contributed by atoms with Gasteiger partial charge in [0.25, 0.3) is 0 Å². The van der Waals surface area contributed by atoms with E-state index < -0.39 is 6.35 Å². The number of amidine groups is 1. The summed E-state index contributed by atoms with van der Waals surface area (Å²) in [6.07, 6.45) is 3.12. The number of hydrogen-bond donors (Lipinski definition) is 0. The van der Waals surface area contributed by atoms with Crippen molar-refractivity contribution in [1.82, 2.24) is 4.98 Å². The number of nitrogens with zero attached hydrogens (tertiary/aromatic N) is 4. The van der Waals surface area contributed by atoms with E-state index in [1.54, 1.807) is 12.4 Å². The number of pyridine rings is 1. The second kappa shape index (κ2) is 8.81. The van der Waals surface area contributed by atoms with Gasteiger partial charge in [0.15, 0.2) is 5.84 Å². The van der Waals surface area contributed by atoms with E-state index in [4.69, 9.17) is 9.84 Å². The van der Waals surface area contributed by atoms with E-state index in [1.165, 1.54) is 0 Å². The van der Waals surface area contributed by atoms with Crippen LogP contribution in [0.3, 0.4) is 0 Å². The highest BCUT2D eigenvalue weighted by Crippen LogP contribution is 2.32. The van der Waals surface area contributed by atoms with Gasteiger partial charge in [0.1, 0.15) is 0 Å². The van der Waals surface area contributed by atoms with Gasteiger partial charge in [-0.3, -0.25) is 9.88 Å². The van der Waals surface area contributed by atoms with E-state index in [-0.39, 0.29) is 0 Å². The van der Waals surface area contributed by atoms with Crippen molar-refractivity contribution in [3.8, 4) is 0 Å². The molecular weight excluding hydrogens is 384 g/mol. The number of aromatic nitrogens is 1. The lowest BCUT2D eigenvalue weighted by atomic mass is 10.2. The lowest BCUT2D eigenvalue weighted by Gasteiger charge is -2.31. The average molecular weight is 406 g/mol. The third-order valence-corrected chi connectivity index (χ3v) is 5.10. The van der Waals surface area contributed by atoms with Crippen molar-refractivity contribution in [2.24, 2.45) is 5.10 Å². The minimum Gasteiger partial charge on any atom is -0.334 e. The molecule has 31 heavy (non-hydrogen) atoms. The molecule has 5 rings (SSSR count). The topological polar surface area (TPSA) is 41.0 Å². The molecule has 0 radical (unpaired) electrons. The molecule has 0 saturated carbocycles. The largest absolute Gasteiger partial charge is 0.334 e. The van der Waals surface area contributed by atoms with Gasteiger partial charge < -0.3 is 4.74 Å². The number of benzene rings is 3. The highest BCUT2D eigenvalue weighted by atomic mass is 16.5. The van der Waals surface area contributed by atoms with Gasteiger partial charge in [-0.1, -0.05) is 66.7 Å². The van der Waals surface area contributed by atoms with Crippen molar-refractivity contribution in [3.05, 3.63) is 127 Å². The molecule has 1 unspecified atom stereocenters. The molecule has 0 N–H and O–H groups in total. The zero-order valence-electron chi connectivity index (χ0n) is 17.0. The highest BCUT2D eigenvalue weighted by molar-refractivity contribution is 6.12. The van der Waals surface area contributed by atoms with Crippen molar-refractivity contribution < 1.29 is 4.74 Å². The number of para-hydroxylation sites is 2. The Morgan fingerprint density at radius 3 is 1.90 bits per heavy atom. The minimum absolute atomic E-state index is 0.437. The van der Waals surface area contributed by atoms with Gasteiger partial charge >= 0.3 is 0 Å². The van der Waals surface area contributed by atoms with Crippen LogP contribution in [0.15, 0.2) is 121 Å². The predicted octanol–water partition coefficient (Wildman–Crippen LogP) is 5.27. The monoisotopic (exact) mass is 406 g/mol. The molecule has 0 spiro atoms. The van der Waals surface area contributed by atoms with Crippen LogP contribution in [0.25, 0.3) is 0 Å². The first-order valence-electron chi connectivity index (χ1n) is 10.2. The Morgan fingerprint density at radius 1 is 0.677 bits per heavy atom. The summed E-state index contributed by atoms with van der Waals surface area (Å²) in [6, 6.07) is 34.5. The smallest absolute Gasteiger partial charge is 0.236 e. The second-order valence-corrected chi connectivity index (χ2v) is 7.17. The van der Waals surface area contributed by atoms with E-state index in [0.717, 1.165) is 28.3 Å². The van der Waals surface area contributed by atoms with Gasteiger partial charge in [-0.25, -0.2) is 5.01 Å². The van der Waals surface area contributed by atoms with E-state index in [2.05, 4.69) is 34.1 Å². The van der Waals surface area contributed by atoms with Crippen molar-refractivity contribution in [3.63, 3.8) is 0 Å². The summed E-state index contributed by atoms with van der Waals surface area (Å²) in [7, 11) is 0. The van der Waals surface area contributed by atoms with E-state index >= 15 is 0 Å². The molecule has 1 aliphatic heterocycles. The quantitative estimate of drug-likeness (QED) is 0.437. The van der Waals surface area contributed by atoms with Crippen LogP contribution in [0.2, 0.25) is 0 Å². The lowest BCUT2D eigenvalue weighted by molar-refractivity contribution is 0.0499. The summed E-state index contributed by atoms with van der Waals surface area (Å²) in [5, 5.41) is 6.96. The Hall–Kier alpha value is -3.96. The van der Waals surface area contributed by atoms with Gasteiger partial charge in [-0.05, 0) is 42.0 Å². The number of rotatable bonds is 6. The van der Waals surface area contributed by atoms with Gasteiger partial charge in [0.05, 0.1) is 12.3 Å². The number of anilines is 2. The van der Waals surface area contributed by atoms with Crippen LogP contribution in [0.5, 0.6) is 0 Å². The molecule has 2 heterocycles. The Balaban J connectivity index is 1.58. The summed E-state index contributed by atoms with van der Waals surface area (Å²) in [6.45, 7) is 0.442. The van der Waals surface area contributed by atoms with Crippen molar-refractivity contribution in [1.29, 1.82) is 0 Å². The fourth-order valence-electron chi connectivity index (χ4n) is 3.60. The molecular formula is C26H22N4O. The molecule has 5 nitrogen and oxygen atoms in total. The third kappa shape index (κ3) is 4.04. The summed E-state index contributed by atoms with van der Waals surface area (Å²) < 4.78 is 6.48. The Kier molecular flexibility index (Phi) is 5.41. The van der Waals surface area contributed by atoms with Gasteiger partial charge in [-0.15, -0.1) is 5.10 Å². The molecule has 1 atom stereocenters. The fourth-order valence-corrected chi connectivity index (χ4v) is 3.60. The molecule has 3 aromatic carbocycles. The molecule has 0 amide bonds. The zero-order chi connectivity index (χ0) is 20.9. The number of hydrazone groups is 1. The van der Waals surface area contributed by atoms with E-state index in [0.29, 0.717) is 6.61 Å². The number of hydrogen-bond acceptors (Lipinski definition) is 5. The van der Waals surface area contributed by atoms with Gasteiger partial charge in [-0.2, -0.15) is 0 Å². The molecule has 152 valence electrons. The van der Waals surface area contributed by atoms with Crippen LogP contribution >= 0.6 is 0 Å². The molecule has 0 saturated heterocycles. The molecule has 1 aromatic heterocycles. The van der Waals surface area contributed by atoms with Crippen LogP contribution < -0.4 is 9.91 Å². The Labute approximate surface area is 181 Å². The lowest BCUT2D eigenvalue weighted by Crippen LogP contribution is -2.44. The van der Waals surface area contributed by atoms with Crippen LogP contribution in [-0.4, -0.2) is 17.2 Å². The average Bonchev–Trinajstić information content (AvgIpc) is 3.24. The maximum atomic E-state index is 6.48. The molecule has 1 aliphatic rings. The first-order valence-corrected chi connectivity index (χ1v) is 10.2. The van der Waals surface area contributed by atoms with Crippen LogP contribution in [0, 0.1) is 0 Å². The maximum absolute atomic E-state index is 6.48. The third-order valence-electron chi connectivity index (χ3n) is 5.10. The van der Waals surface area contributed by atoms with E-state index in [1.807, 2.05) is 83.9 Å². The van der Waals surface area contributed by atoms with Crippen LogP contribution in [-0.2, 0) is 11.3 Å². The first kappa shape index (κ1) is 19.0. The van der Waals surface area contributed by atoms with Crippen LogP contribution in [0.1, 0.15) is 11.1 Å².